The predicted molar refractivity (Wildman–Crippen MR) is 108 cm³/mol. The first-order chi connectivity index (χ1) is 12.1. The topological polar surface area (TPSA) is 59.0 Å². The quantitative estimate of drug-likeness (QED) is 0.649. The summed E-state index contributed by atoms with van der Waals surface area (Å²) in [6.07, 6.45) is 5.76. The molecule has 0 spiro atoms. The normalized spacial score (nSPS) is 13.5. The molecule has 0 saturated carbocycles. The predicted octanol–water partition coefficient (Wildman–Crippen LogP) is 3.93. The van der Waals surface area contributed by atoms with Gasteiger partial charge in [-0.25, -0.2) is 9.66 Å². The summed E-state index contributed by atoms with van der Waals surface area (Å²) in [5, 5.41) is 4.54. The number of thiocarbonyl (C=S) groups is 1. The number of nitrogens with one attached hydrogen (secondary N) is 2. The van der Waals surface area contributed by atoms with Gasteiger partial charge in [0.25, 0.3) is 5.56 Å². The number of aryl methyl sites for hydroxylation is 2. The number of aromatic nitrogens is 2. The van der Waals surface area contributed by atoms with Crippen molar-refractivity contribution in [2.75, 3.05) is 10.7 Å². The first kappa shape index (κ1) is 16.5. The summed E-state index contributed by atoms with van der Waals surface area (Å²) in [6, 6.07) is 7.28. The van der Waals surface area contributed by atoms with Gasteiger partial charge in [0.05, 0.1) is 16.1 Å². The number of hydrogen-bond acceptors (Lipinski definition) is 4. The lowest BCUT2D eigenvalue weighted by atomic mass is 9.97. The summed E-state index contributed by atoms with van der Waals surface area (Å²) in [5.74, 6) is 0. The summed E-state index contributed by atoms with van der Waals surface area (Å²) in [7, 11) is 0. The Morgan fingerprint density at radius 2 is 2.08 bits per heavy atom. The molecule has 1 aromatic carbocycles. The Balaban J connectivity index is 1.63. The van der Waals surface area contributed by atoms with Crippen LogP contribution in [0.1, 0.15) is 23.3 Å². The molecule has 0 amide bonds. The van der Waals surface area contributed by atoms with Crippen LogP contribution in [0.2, 0.25) is 5.02 Å². The number of halogens is 1. The average molecular weight is 391 g/mol. The van der Waals surface area contributed by atoms with Crippen LogP contribution in [0.4, 0.5) is 5.69 Å². The standard InChI is InChI=1S/C17H15ClN4OS2/c18-11-6-2-3-7-12(11)20-17(24)21-22-9-19-15-14(16(22)23)10-5-1-4-8-13(10)25-15/h2-3,6-7,9H,1,4-5,8H2,(H2,20,21,24). The molecule has 0 atom stereocenters. The molecule has 0 saturated heterocycles. The van der Waals surface area contributed by atoms with Gasteiger partial charge in [-0.3, -0.25) is 10.2 Å². The molecular formula is C17H15ClN4OS2. The van der Waals surface area contributed by atoms with E-state index < -0.39 is 0 Å². The monoisotopic (exact) mass is 390 g/mol. The molecule has 1 aliphatic carbocycles. The zero-order chi connectivity index (χ0) is 17.4. The molecule has 128 valence electrons. The van der Waals surface area contributed by atoms with Crippen molar-refractivity contribution >= 4 is 56.2 Å². The van der Waals surface area contributed by atoms with Crippen molar-refractivity contribution in [1.82, 2.24) is 9.66 Å². The summed E-state index contributed by atoms with van der Waals surface area (Å²) in [6.45, 7) is 0. The maximum atomic E-state index is 12.9. The van der Waals surface area contributed by atoms with Crippen LogP contribution in [-0.4, -0.2) is 14.8 Å². The second-order valence-electron chi connectivity index (χ2n) is 5.86. The van der Waals surface area contributed by atoms with Gasteiger partial charge in [0.2, 0.25) is 0 Å². The fourth-order valence-electron chi connectivity index (χ4n) is 3.05. The van der Waals surface area contributed by atoms with E-state index in [0.717, 1.165) is 35.0 Å². The van der Waals surface area contributed by atoms with Crippen molar-refractivity contribution in [3.8, 4) is 0 Å². The van der Waals surface area contributed by atoms with Crippen LogP contribution in [0, 0.1) is 0 Å². The van der Waals surface area contributed by atoms with E-state index in [2.05, 4.69) is 15.7 Å². The van der Waals surface area contributed by atoms with Crippen LogP contribution in [0.5, 0.6) is 0 Å². The second kappa shape index (κ2) is 6.74. The number of anilines is 1. The highest BCUT2D eigenvalue weighted by atomic mass is 35.5. The molecular weight excluding hydrogens is 376 g/mol. The fraction of sp³-hybridized carbons (Fsp3) is 0.235. The molecule has 3 aromatic rings. The van der Waals surface area contributed by atoms with E-state index in [1.54, 1.807) is 17.4 Å². The van der Waals surface area contributed by atoms with E-state index in [-0.39, 0.29) is 10.7 Å². The maximum absolute atomic E-state index is 12.9. The molecule has 8 heteroatoms. The number of rotatable bonds is 2. The molecule has 1 aliphatic rings. The summed E-state index contributed by atoms with van der Waals surface area (Å²) < 4.78 is 1.33. The molecule has 0 bridgehead atoms. The van der Waals surface area contributed by atoms with Gasteiger partial charge in [0.1, 0.15) is 11.2 Å². The lowest BCUT2D eigenvalue weighted by Crippen LogP contribution is -2.35. The third-order valence-corrected chi connectivity index (χ3v) is 5.94. The van der Waals surface area contributed by atoms with Gasteiger partial charge < -0.3 is 5.32 Å². The number of thiophene rings is 1. The number of para-hydroxylation sites is 1. The minimum absolute atomic E-state index is 0.118. The summed E-state index contributed by atoms with van der Waals surface area (Å²) in [4.78, 5) is 19.4. The lowest BCUT2D eigenvalue weighted by Gasteiger charge is -2.13. The van der Waals surface area contributed by atoms with E-state index in [4.69, 9.17) is 23.8 Å². The highest BCUT2D eigenvalue weighted by molar-refractivity contribution is 7.80. The van der Waals surface area contributed by atoms with Crippen molar-refractivity contribution in [3.05, 3.63) is 56.4 Å². The molecule has 0 unspecified atom stereocenters. The van der Waals surface area contributed by atoms with Crippen molar-refractivity contribution < 1.29 is 0 Å². The molecule has 2 N–H and O–H groups in total. The average Bonchev–Trinajstić information content (AvgIpc) is 2.99. The highest BCUT2D eigenvalue weighted by Gasteiger charge is 2.20. The third-order valence-electron chi connectivity index (χ3n) is 4.22. The second-order valence-corrected chi connectivity index (χ2v) is 7.76. The number of hydrogen-bond donors (Lipinski definition) is 2. The van der Waals surface area contributed by atoms with Gasteiger partial charge in [-0.2, -0.15) is 0 Å². The van der Waals surface area contributed by atoms with Gasteiger partial charge in [-0.15, -0.1) is 11.3 Å². The minimum atomic E-state index is -0.118. The van der Waals surface area contributed by atoms with Gasteiger partial charge in [-0.1, -0.05) is 23.7 Å². The zero-order valence-electron chi connectivity index (χ0n) is 13.2. The van der Waals surface area contributed by atoms with Crippen LogP contribution < -0.4 is 16.3 Å². The van der Waals surface area contributed by atoms with E-state index in [0.29, 0.717) is 10.7 Å². The van der Waals surface area contributed by atoms with Crippen LogP contribution in [-0.2, 0) is 12.8 Å². The Hall–Kier alpha value is -1.96. The summed E-state index contributed by atoms with van der Waals surface area (Å²) >= 11 is 13.0. The summed E-state index contributed by atoms with van der Waals surface area (Å²) in [5.41, 5.74) is 4.60. The number of fused-ring (bicyclic) bond motifs is 3. The Morgan fingerprint density at radius 3 is 2.92 bits per heavy atom. The number of nitrogens with zero attached hydrogens (tertiary/aromatic N) is 2. The van der Waals surface area contributed by atoms with Crippen molar-refractivity contribution in [1.29, 1.82) is 0 Å². The van der Waals surface area contributed by atoms with Crippen LogP contribution >= 0.6 is 35.2 Å². The fourth-order valence-corrected chi connectivity index (χ4v) is 4.66. The first-order valence-electron chi connectivity index (χ1n) is 7.98. The zero-order valence-corrected chi connectivity index (χ0v) is 15.6. The smallest absolute Gasteiger partial charge is 0.281 e. The van der Waals surface area contributed by atoms with Crippen LogP contribution in [0.3, 0.4) is 0 Å². The SMILES string of the molecule is O=c1c2c3c(sc2ncn1NC(=S)Nc1ccccc1Cl)CCCC3. The molecule has 2 aromatic heterocycles. The Labute approximate surface area is 158 Å². The van der Waals surface area contributed by atoms with Crippen molar-refractivity contribution in [3.63, 3.8) is 0 Å². The molecule has 4 rings (SSSR count). The Bertz CT molecular complexity index is 1030. The molecule has 0 radical (unpaired) electrons. The van der Waals surface area contributed by atoms with E-state index in [1.807, 2.05) is 18.2 Å². The van der Waals surface area contributed by atoms with Crippen LogP contribution in [0.15, 0.2) is 35.4 Å². The molecule has 5 nitrogen and oxygen atoms in total. The van der Waals surface area contributed by atoms with Gasteiger partial charge in [0.15, 0.2) is 5.11 Å². The van der Waals surface area contributed by atoms with Gasteiger partial charge in [-0.05, 0) is 55.6 Å². The van der Waals surface area contributed by atoms with Crippen molar-refractivity contribution in [2.45, 2.75) is 25.7 Å². The highest BCUT2D eigenvalue weighted by Crippen LogP contribution is 2.33. The lowest BCUT2D eigenvalue weighted by molar-refractivity contribution is 0.699. The number of benzene rings is 1. The van der Waals surface area contributed by atoms with E-state index in [9.17, 15) is 4.79 Å². The molecule has 0 fully saturated rings. The first-order valence-corrected chi connectivity index (χ1v) is 9.58. The van der Waals surface area contributed by atoms with Crippen molar-refractivity contribution in [2.24, 2.45) is 0 Å². The largest absolute Gasteiger partial charge is 0.330 e. The van der Waals surface area contributed by atoms with Gasteiger partial charge in [0, 0.05) is 4.88 Å². The van der Waals surface area contributed by atoms with E-state index >= 15 is 0 Å². The Morgan fingerprint density at radius 1 is 1.28 bits per heavy atom. The minimum Gasteiger partial charge on any atom is -0.330 e. The molecule has 25 heavy (non-hydrogen) atoms. The third kappa shape index (κ3) is 3.15. The van der Waals surface area contributed by atoms with E-state index in [1.165, 1.54) is 22.3 Å². The maximum Gasteiger partial charge on any atom is 0.281 e. The molecule has 2 heterocycles. The van der Waals surface area contributed by atoms with Gasteiger partial charge >= 0.3 is 0 Å². The Kier molecular flexibility index (Phi) is 4.45. The van der Waals surface area contributed by atoms with Crippen LogP contribution in [0.25, 0.3) is 10.2 Å². The molecule has 0 aliphatic heterocycles.